The number of ether oxygens (including phenoxy) is 1. The highest BCUT2D eigenvalue weighted by molar-refractivity contribution is 5.98. The molecule has 0 atom stereocenters. The van der Waals surface area contributed by atoms with Crippen molar-refractivity contribution in [2.24, 2.45) is 4.99 Å². The summed E-state index contributed by atoms with van der Waals surface area (Å²) in [6, 6.07) is 5.71. The third-order valence-electron chi connectivity index (χ3n) is 2.93. The first-order valence-corrected chi connectivity index (χ1v) is 5.61. The van der Waals surface area contributed by atoms with Gasteiger partial charge in [-0.15, -0.1) is 9.94 Å². The van der Waals surface area contributed by atoms with Crippen LogP contribution in [0.5, 0.6) is 0 Å². The van der Waals surface area contributed by atoms with E-state index in [1.54, 1.807) is 6.20 Å². The number of fused-ring (bicyclic) bond motifs is 1. The van der Waals surface area contributed by atoms with E-state index < -0.39 is 6.09 Å². The van der Waals surface area contributed by atoms with E-state index >= 15 is 0 Å². The Morgan fingerprint density at radius 1 is 1.39 bits per heavy atom. The maximum absolute atomic E-state index is 10.8. The number of amides is 1. The van der Waals surface area contributed by atoms with Gasteiger partial charge >= 0.3 is 6.09 Å². The zero-order valence-electron chi connectivity index (χ0n) is 9.54. The van der Waals surface area contributed by atoms with Gasteiger partial charge in [0.15, 0.2) is 0 Å². The lowest BCUT2D eigenvalue weighted by molar-refractivity contribution is 0.161. The first kappa shape index (κ1) is 10.8. The number of cyclic esters (lactones) is 1. The summed E-state index contributed by atoms with van der Waals surface area (Å²) >= 11 is 0. The smallest absolute Gasteiger partial charge is 0.433 e. The zero-order chi connectivity index (χ0) is 12.5. The van der Waals surface area contributed by atoms with Crippen molar-refractivity contribution in [3.63, 3.8) is 0 Å². The van der Waals surface area contributed by atoms with Crippen LogP contribution >= 0.6 is 0 Å². The molecule has 6 heteroatoms. The second kappa shape index (κ2) is 4.14. The summed E-state index contributed by atoms with van der Waals surface area (Å²) in [5, 5.41) is 14.0. The Bertz CT molecular complexity index is 645. The number of rotatable bonds is 3. The second-order valence-corrected chi connectivity index (χ2v) is 4.16. The van der Waals surface area contributed by atoms with E-state index in [1.165, 1.54) is 0 Å². The molecule has 18 heavy (non-hydrogen) atoms. The zero-order valence-corrected chi connectivity index (χ0v) is 9.54. The van der Waals surface area contributed by atoms with Crippen LogP contribution in [0.3, 0.4) is 0 Å². The maximum atomic E-state index is 10.8. The third-order valence-corrected chi connectivity index (χ3v) is 2.93. The minimum atomic E-state index is -0.498. The Labute approximate surface area is 102 Å². The third kappa shape index (κ3) is 1.92. The van der Waals surface area contributed by atoms with E-state index in [9.17, 15) is 10.0 Å². The predicted octanol–water partition coefficient (Wildman–Crippen LogP) is 1.80. The van der Waals surface area contributed by atoms with Crippen molar-refractivity contribution in [1.29, 1.82) is 0 Å². The fraction of sp³-hybridized carbons (Fsp3) is 0.250. The Kier molecular flexibility index (Phi) is 2.47. The van der Waals surface area contributed by atoms with Crippen molar-refractivity contribution in [2.75, 3.05) is 6.61 Å². The molecule has 1 amide bonds. The lowest BCUT2D eigenvalue weighted by Gasteiger charge is -2.01. The first-order chi connectivity index (χ1) is 8.72. The van der Waals surface area contributed by atoms with E-state index in [1.807, 2.05) is 18.2 Å². The number of aryl methyl sites for hydroxylation is 1. The van der Waals surface area contributed by atoms with Gasteiger partial charge in [0.2, 0.25) is 0 Å². The average molecular weight is 245 g/mol. The lowest BCUT2D eigenvalue weighted by Crippen LogP contribution is -2.02. The van der Waals surface area contributed by atoms with Crippen LogP contribution in [-0.4, -0.2) is 33.6 Å². The van der Waals surface area contributed by atoms with Crippen LogP contribution in [0.15, 0.2) is 29.4 Å². The fourth-order valence-electron chi connectivity index (χ4n) is 1.98. The molecule has 0 radical (unpaired) electrons. The number of hydrogen-bond donors (Lipinski definition) is 1. The van der Waals surface area contributed by atoms with Gasteiger partial charge < -0.3 is 9.94 Å². The summed E-state index contributed by atoms with van der Waals surface area (Å²) < 4.78 is 4.74. The van der Waals surface area contributed by atoms with Crippen molar-refractivity contribution in [2.45, 2.75) is 12.8 Å². The van der Waals surface area contributed by atoms with Gasteiger partial charge in [0.25, 0.3) is 0 Å². The largest absolute Gasteiger partial charge is 0.442 e. The summed E-state index contributed by atoms with van der Waals surface area (Å²) in [6.07, 6.45) is 2.59. The van der Waals surface area contributed by atoms with Crippen molar-refractivity contribution in [1.82, 2.24) is 9.94 Å². The number of hydrogen-bond acceptors (Lipinski definition) is 4. The molecule has 1 aliphatic heterocycles. The number of benzene rings is 1. The molecule has 2 heterocycles. The quantitative estimate of drug-likeness (QED) is 0.836. The topological polar surface area (TPSA) is 76.7 Å². The highest BCUT2D eigenvalue weighted by Gasteiger charge is 2.14. The van der Waals surface area contributed by atoms with E-state index in [-0.39, 0.29) is 0 Å². The molecule has 1 aromatic heterocycles. The number of aliphatic imine (C=N–C) groups is 1. The van der Waals surface area contributed by atoms with Crippen molar-refractivity contribution < 1.29 is 14.7 Å². The van der Waals surface area contributed by atoms with Gasteiger partial charge in [-0.2, -0.15) is 4.99 Å². The van der Waals surface area contributed by atoms with Gasteiger partial charge in [0.1, 0.15) is 12.1 Å². The van der Waals surface area contributed by atoms with Crippen LogP contribution in [0.25, 0.3) is 10.9 Å². The van der Waals surface area contributed by atoms with Gasteiger partial charge in [0.05, 0.1) is 11.9 Å². The molecule has 1 aromatic carbocycles. The number of carbonyl (C=O) groups is 1. The van der Waals surface area contributed by atoms with Crippen LogP contribution in [0.2, 0.25) is 0 Å². The minimum Gasteiger partial charge on any atom is -0.442 e. The molecular formula is C12H11N3O3. The highest BCUT2D eigenvalue weighted by atomic mass is 16.6. The maximum Gasteiger partial charge on any atom is 0.433 e. The van der Waals surface area contributed by atoms with Gasteiger partial charge in [-0.05, 0) is 30.5 Å². The normalized spacial score (nSPS) is 14.9. The number of nitrogens with zero attached hydrogens (tertiary/aromatic N) is 3. The molecule has 0 fully saturated rings. The Morgan fingerprint density at radius 3 is 3.06 bits per heavy atom. The second-order valence-electron chi connectivity index (χ2n) is 4.16. The number of aromatic nitrogens is 2. The van der Waals surface area contributed by atoms with Crippen LogP contribution in [0.1, 0.15) is 12.0 Å². The summed E-state index contributed by atoms with van der Waals surface area (Å²) in [5.74, 6) is 0. The highest BCUT2D eigenvalue weighted by Crippen LogP contribution is 2.16. The van der Waals surface area contributed by atoms with Gasteiger partial charge in [-0.3, -0.25) is 0 Å². The van der Waals surface area contributed by atoms with Crippen molar-refractivity contribution in [3.05, 3.63) is 30.0 Å². The van der Waals surface area contributed by atoms with E-state index in [0.29, 0.717) is 18.5 Å². The van der Waals surface area contributed by atoms with Crippen molar-refractivity contribution in [3.8, 4) is 0 Å². The SMILES string of the molecule is O=C1N=C(CCc2ccc3c(cnn3O)c2)CO1. The van der Waals surface area contributed by atoms with Gasteiger partial charge in [-0.1, -0.05) is 6.07 Å². The Morgan fingerprint density at radius 2 is 2.28 bits per heavy atom. The lowest BCUT2D eigenvalue weighted by atomic mass is 10.1. The molecule has 1 N–H and O–H groups in total. The minimum absolute atomic E-state index is 0.301. The number of carbonyl (C=O) groups excluding carboxylic acids is 1. The monoisotopic (exact) mass is 245 g/mol. The molecule has 6 nitrogen and oxygen atoms in total. The van der Waals surface area contributed by atoms with Crippen molar-refractivity contribution >= 4 is 22.7 Å². The molecule has 1 aliphatic rings. The molecule has 0 saturated carbocycles. The Hall–Kier alpha value is -2.37. The molecule has 92 valence electrons. The van der Waals surface area contributed by atoms with Crippen LogP contribution in [0.4, 0.5) is 4.79 Å². The molecule has 2 aromatic rings. The van der Waals surface area contributed by atoms with Crippen LogP contribution in [-0.2, 0) is 11.2 Å². The predicted molar refractivity (Wildman–Crippen MR) is 64.0 cm³/mol. The Balaban J connectivity index is 1.75. The molecule has 0 aliphatic carbocycles. The molecule has 3 rings (SSSR count). The molecular weight excluding hydrogens is 234 g/mol. The molecule has 0 saturated heterocycles. The van der Waals surface area contributed by atoms with Gasteiger partial charge in [-0.25, -0.2) is 4.79 Å². The van der Waals surface area contributed by atoms with Gasteiger partial charge in [0, 0.05) is 5.39 Å². The molecule has 0 bridgehead atoms. The standard InChI is InChI=1S/C12H11N3O3/c16-12-14-10(7-18-12)3-1-8-2-4-11-9(5-8)6-13-15(11)17/h2,4-6,17H,1,3,7H2. The fourth-order valence-corrected chi connectivity index (χ4v) is 1.98. The van der Waals surface area contributed by atoms with E-state index in [0.717, 1.165) is 27.9 Å². The van der Waals surface area contributed by atoms with E-state index in [2.05, 4.69) is 10.1 Å². The van der Waals surface area contributed by atoms with E-state index in [4.69, 9.17) is 4.74 Å². The summed E-state index contributed by atoms with van der Waals surface area (Å²) in [7, 11) is 0. The summed E-state index contributed by atoms with van der Waals surface area (Å²) in [6.45, 7) is 0.301. The first-order valence-electron chi connectivity index (χ1n) is 5.61. The van der Waals surface area contributed by atoms with Crippen LogP contribution in [0, 0.1) is 0 Å². The molecule has 0 unspecified atom stereocenters. The molecule has 0 spiro atoms. The van der Waals surface area contributed by atoms with Crippen LogP contribution < -0.4 is 0 Å². The summed E-state index contributed by atoms with van der Waals surface area (Å²) in [5.41, 5.74) is 2.56. The average Bonchev–Trinajstić information content (AvgIpc) is 2.94. The summed E-state index contributed by atoms with van der Waals surface area (Å²) in [4.78, 5) is 15.4.